The number of hydrogen-bond acceptors (Lipinski definition) is 5. The van der Waals surface area contributed by atoms with Crippen LogP contribution in [-0.2, 0) is 16.9 Å². The van der Waals surface area contributed by atoms with E-state index in [9.17, 15) is 24.3 Å². The van der Waals surface area contributed by atoms with Gasteiger partial charge in [0.15, 0.2) is 5.54 Å². The van der Waals surface area contributed by atoms with Crippen molar-refractivity contribution in [3.05, 3.63) is 57.0 Å². The summed E-state index contributed by atoms with van der Waals surface area (Å²) in [7, 11) is 0. The Bertz CT molecular complexity index is 1200. The van der Waals surface area contributed by atoms with Gasteiger partial charge in [0.05, 0.1) is 22.8 Å². The Morgan fingerprint density at radius 2 is 2.00 bits per heavy atom. The molecule has 0 aliphatic carbocycles. The summed E-state index contributed by atoms with van der Waals surface area (Å²) in [5, 5.41) is 16.1. The number of nitrogens with zero attached hydrogens (tertiary/aromatic N) is 3. The Kier molecular flexibility index (Phi) is 4.63. The van der Waals surface area contributed by atoms with E-state index in [4.69, 9.17) is 0 Å². The predicted molar refractivity (Wildman–Crippen MR) is 102 cm³/mol. The van der Waals surface area contributed by atoms with Gasteiger partial charge in [0.25, 0.3) is 11.5 Å². The molecule has 0 spiro atoms. The van der Waals surface area contributed by atoms with Crippen LogP contribution in [0, 0.1) is 0 Å². The zero-order valence-corrected chi connectivity index (χ0v) is 15.5. The number of carboxylic acid groups (broad SMARTS) is 1. The lowest BCUT2D eigenvalue weighted by atomic mass is 10.1. The number of H-pyrrole nitrogens is 1. The van der Waals surface area contributed by atoms with Gasteiger partial charge in [-0.15, -0.1) is 0 Å². The van der Waals surface area contributed by atoms with Gasteiger partial charge < -0.3 is 15.4 Å². The number of aromatic amines is 1. The molecule has 0 unspecified atom stereocenters. The third-order valence-electron chi connectivity index (χ3n) is 4.50. The standard InChI is InChI=1S/C18H19N5O5/c1-4-22-15(25)12-6-5-10(7-13(12)21-17(22)28)14(24)20-11-8-19-23(9-11)18(2,3)16(26)27/h5-9H,4H2,1-3H3,(H,20,24)(H,21,28)(H,26,27). The van der Waals surface area contributed by atoms with Crippen molar-refractivity contribution in [3.63, 3.8) is 0 Å². The average Bonchev–Trinajstić information content (AvgIpc) is 3.10. The maximum absolute atomic E-state index is 12.5. The fraction of sp³-hybridized carbons (Fsp3) is 0.278. The molecule has 2 heterocycles. The molecule has 3 aromatic rings. The molecule has 1 amide bonds. The molecule has 10 heteroatoms. The van der Waals surface area contributed by atoms with E-state index < -0.39 is 28.7 Å². The molecule has 0 bridgehead atoms. The van der Waals surface area contributed by atoms with Gasteiger partial charge in [0.2, 0.25) is 0 Å². The summed E-state index contributed by atoms with van der Waals surface area (Å²) in [6.07, 6.45) is 2.75. The Morgan fingerprint density at radius 1 is 1.29 bits per heavy atom. The van der Waals surface area contributed by atoms with E-state index >= 15 is 0 Å². The van der Waals surface area contributed by atoms with Crippen molar-refractivity contribution < 1.29 is 14.7 Å². The first-order valence-corrected chi connectivity index (χ1v) is 8.52. The molecule has 0 aliphatic rings. The smallest absolute Gasteiger partial charge is 0.331 e. The van der Waals surface area contributed by atoms with Crippen LogP contribution in [0.1, 0.15) is 31.1 Å². The van der Waals surface area contributed by atoms with E-state index in [1.807, 2.05) is 0 Å². The number of hydrogen-bond donors (Lipinski definition) is 3. The number of carbonyl (C=O) groups excluding carboxylic acids is 1. The van der Waals surface area contributed by atoms with Crippen LogP contribution in [0.2, 0.25) is 0 Å². The fourth-order valence-electron chi connectivity index (χ4n) is 2.68. The largest absolute Gasteiger partial charge is 0.479 e. The van der Waals surface area contributed by atoms with Crippen LogP contribution in [0.4, 0.5) is 5.69 Å². The first kappa shape index (κ1) is 19.1. The van der Waals surface area contributed by atoms with Crippen LogP contribution in [0.15, 0.2) is 40.2 Å². The SMILES string of the molecule is CCn1c(=O)[nH]c2cc(C(=O)Nc3cnn(C(C)(C)C(=O)O)c3)ccc2c1=O. The van der Waals surface area contributed by atoms with E-state index in [1.165, 1.54) is 49.1 Å². The Labute approximate surface area is 158 Å². The molecule has 0 aliphatic heterocycles. The van der Waals surface area contributed by atoms with Crippen molar-refractivity contribution in [1.29, 1.82) is 0 Å². The highest BCUT2D eigenvalue weighted by Crippen LogP contribution is 2.18. The molecule has 3 rings (SSSR count). The van der Waals surface area contributed by atoms with E-state index in [0.717, 1.165) is 4.57 Å². The number of nitrogens with one attached hydrogen (secondary N) is 2. The lowest BCUT2D eigenvalue weighted by Crippen LogP contribution is -2.35. The number of fused-ring (bicyclic) bond motifs is 1. The van der Waals surface area contributed by atoms with Crippen LogP contribution in [0.25, 0.3) is 10.9 Å². The second-order valence-corrected chi connectivity index (χ2v) is 6.73. The summed E-state index contributed by atoms with van der Waals surface area (Å²) in [6, 6.07) is 4.37. The summed E-state index contributed by atoms with van der Waals surface area (Å²) >= 11 is 0. The number of benzene rings is 1. The molecule has 0 fully saturated rings. The van der Waals surface area contributed by atoms with Crippen LogP contribution in [0.3, 0.4) is 0 Å². The van der Waals surface area contributed by atoms with Crippen molar-refractivity contribution in [3.8, 4) is 0 Å². The fourth-order valence-corrected chi connectivity index (χ4v) is 2.68. The molecular weight excluding hydrogens is 366 g/mol. The normalized spacial score (nSPS) is 11.5. The number of carboxylic acids is 1. The minimum atomic E-state index is -1.27. The van der Waals surface area contributed by atoms with Crippen LogP contribution in [0.5, 0.6) is 0 Å². The zero-order chi connectivity index (χ0) is 20.6. The molecule has 146 valence electrons. The van der Waals surface area contributed by atoms with Gasteiger partial charge in [0.1, 0.15) is 0 Å². The highest BCUT2D eigenvalue weighted by atomic mass is 16.4. The lowest BCUT2D eigenvalue weighted by Gasteiger charge is -2.19. The van der Waals surface area contributed by atoms with E-state index in [2.05, 4.69) is 15.4 Å². The van der Waals surface area contributed by atoms with Crippen molar-refractivity contribution in [2.45, 2.75) is 32.9 Å². The van der Waals surface area contributed by atoms with Gasteiger partial charge in [-0.3, -0.25) is 18.8 Å². The van der Waals surface area contributed by atoms with Crippen molar-refractivity contribution in [2.75, 3.05) is 5.32 Å². The van der Waals surface area contributed by atoms with Crippen molar-refractivity contribution in [1.82, 2.24) is 19.3 Å². The molecule has 0 saturated heterocycles. The molecule has 3 N–H and O–H groups in total. The number of aromatic nitrogens is 4. The van der Waals surface area contributed by atoms with Crippen LogP contribution in [-0.4, -0.2) is 36.3 Å². The highest BCUT2D eigenvalue weighted by Gasteiger charge is 2.30. The molecular formula is C18H19N5O5. The van der Waals surface area contributed by atoms with E-state index in [-0.39, 0.29) is 17.6 Å². The zero-order valence-electron chi connectivity index (χ0n) is 15.5. The second kappa shape index (κ2) is 6.80. The number of carbonyl (C=O) groups is 2. The summed E-state index contributed by atoms with van der Waals surface area (Å²) in [4.78, 5) is 50.6. The van der Waals surface area contributed by atoms with Gasteiger partial charge in [-0.2, -0.15) is 5.10 Å². The Morgan fingerprint density at radius 3 is 2.64 bits per heavy atom. The molecule has 10 nitrogen and oxygen atoms in total. The topological polar surface area (TPSA) is 139 Å². The van der Waals surface area contributed by atoms with Gasteiger partial charge >= 0.3 is 11.7 Å². The molecule has 1 aromatic carbocycles. The summed E-state index contributed by atoms with van der Waals surface area (Å²) < 4.78 is 2.30. The van der Waals surface area contributed by atoms with Gasteiger partial charge in [0, 0.05) is 18.3 Å². The summed E-state index contributed by atoms with van der Waals surface area (Å²) in [5.74, 6) is -1.56. The maximum atomic E-state index is 12.5. The van der Waals surface area contributed by atoms with Crippen molar-refractivity contribution >= 4 is 28.5 Å². The molecule has 0 saturated carbocycles. The second-order valence-electron chi connectivity index (χ2n) is 6.73. The maximum Gasteiger partial charge on any atom is 0.331 e. The predicted octanol–water partition coefficient (Wildman–Crippen LogP) is 0.978. The van der Waals surface area contributed by atoms with Gasteiger partial charge in [-0.1, -0.05) is 0 Å². The third kappa shape index (κ3) is 3.20. The molecule has 2 aromatic heterocycles. The average molecular weight is 385 g/mol. The van der Waals surface area contributed by atoms with Crippen molar-refractivity contribution in [2.24, 2.45) is 0 Å². The first-order chi connectivity index (χ1) is 13.1. The number of amides is 1. The van der Waals surface area contributed by atoms with Crippen LogP contribution < -0.4 is 16.6 Å². The highest BCUT2D eigenvalue weighted by molar-refractivity contribution is 6.05. The van der Waals surface area contributed by atoms with Gasteiger partial charge in [-0.05, 0) is 39.0 Å². The molecule has 28 heavy (non-hydrogen) atoms. The Balaban J connectivity index is 1.91. The minimum Gasteiger partial charge on any atom is -0.479 e. The minimum absolute atomic E-state index is 0.224. The first-order valence-electron chi connectivity index (χ1n) is 8.52. The van der Waals surface area contributed by atoms with Gasteiger partial charge in [-0.25, -0.2) is 9.59 Å². The number of anilines is 1. The summed E-state index contributed by atoms with van der Waals surface area (Å²) in [6.45, 7) is 4.90. The Hall–Kier alpha value is -3.69. The van der Waals surface area contributed by atoms with E-state index in [0.29, 0.717) is 11.1 Å². The number of aliphatic carboxylic acids is 1. The molecule has 0 radical (unpaired) electrons. The quantitative estimate of drug-likeness (QED) is 0.598. The van der Waals surface area contributed by atoms with E-state index in [1.54, 1.807) is 6.92 Å². The third-order valence-corrected chi connectivity index (χ3v) is 4.50. The monoisotopic (exact) mass is 385 g/mol. The molecule has 0 atom stereocenters. The lowest BCUT2D eigenvalue weighted by molar-refractivity contribution is -0.146. The summed E-state index contributed by atoms with van der Waals surface area (Å²) in [5.41, 5.74) is -1.45. The number of rotatable bonds is 5. The van der Waals surface area contributed by atoms with Crippen LogP contribution >= 0.6 is 0 Å².